The van der Waals surface area contributed by atoms with E-state index in [0.29, 0.717) is 6.61 Å². The minimum atomic E-state index is 0.00471. The van der Waals surface area contributed by atoms with Gasteiger partial charge in [0.15, 0.2) is 0 Å². The van der Waals surface area contributed by atoms with Crippen LogP contribution in [0.15, 0.2) is 42.0 Å². The van der Waals surface area contributed by atoms with Gasteiger partial charge in [-0.05, 0) is 36.4 Å². The lowest BCUT2D eigenvalue weighted by Gasteiger charge is -2.44. The molecule has 5 nitrogen and oxygen atoms in total. The number of thiophene rings is 1. The summed E-state index contributed by atoms with van der Waals surface area (Å²) in [6.07, 6.45) is 5.41. The van der Waals surface area contributed by atoms with Crippen LogP contribution in [0.25, 0.3) is 0 Å². The van der Waals surface area contributed by atoms with Crippen LogP contribution in [0.5, 0.6) is 0 Å². The molecule has 6 heteroatoms. The Morgan fingerprint density at radius 1 is 1.36 bits per heavy atom. The fraction of sp³-hybridized carbons (Fsp3) is 0.474. The van der Waals surface area contributed by atoms with Crippen molar-refractivity contribution in [2.24, 2.45) is 11.8 Å². The zero-order valence-corrected chi connectivity index (χ0v) is 15.0. The van der Waals surface area contributed by atoms with Gasteiger partial charge in [-0.2, -0.15) is 0 Å². The molecule has 25 heavy (non-hydrogen) atoms. The van der Waals surface area contributed by atoms with Crippen molar-refractivity contribution in [3.05, 3.63) is 46.9 Å². The summed E-state index contributed by atoms with van der Waals surface area (Å²) >= 11 is 1.80. The minimum Gasteiger partial charge on any atom is -0.378 e. The second-order valence-corrected chi connectivity index (χ2v) is 7.83. The summed E-state index contributed by atoms with van der Waals surface area (Å²) in [6, 6.07) is 8.00. The number of hydrogen-bond donors (Lipinski definition) is 1. The summed E-state index contributed by atoms with van der Waals surface area (Å²) in [6.45, 7) is 3.61. The predicted molar refractivity (Wildman–Crippen MR) is 98.4 cm³/mol. The molecular weight excluding hydrogens is 334 g/mol. The van der Waals surface area contributed by atoms with Gasteiger partial charge in [0.05, 0.1) is 18.0 Å². The summed E-state index contributed by atoms with van der Waals surface area (Å²) < 4.78 is 5.98. The molecule has 0 unspecified atom stereocenters. The van der Waals surface area contributed by atoms with Crippen LogP contribution in [0.4, 0.5) is 5.69 Å². The van der Waals surface area contributed by atoms with E-state index in [2.05, 4.69) is 32.7 Å². The Morgan fingerprint density at radius 3 is 3.12 bits per heavy atom. The molecule has 2 aromatic rings. The number of nitrogens with one attached hydrogen (secondary N) is 1. The number of anilines is 1. The molecule has 0 aliphatic carbocycles. The van der Waals surface area contributed by atoms with E-state index in [0.717, 1.165) is 38.2 Å². The van der Waals surface area contributed by atoms with E-state index in [1.807, 2.05) is 12.1 Å². The standard InChI is InChI=1S/C19H23N3O2S/c23-19(21-14-3-1-7-20-11-14)16-6-9-24-18-5-8-22(13-17(16)18)12-15-4-2-10-25-15/h1-4,7,10-11,16-18H,5-6,8-9,12-13H2,(H,21,23)/t16-,17-,18-/m1/s1. The SMILES string of the molecule is O=C(Nc1cccnc1)[C@@H]1CCO[C@@H]2CCN(Cc3cccs3)C[C@@H]21. The summed E-state index contributed by atoms with van der Waals surface area (Å²) in [5, 5.41) is 5.15. The maximum Gasteiger partial charge on any atom is 0.228 e. The van der Waals surface area contributed by atoms with E-state index in [1.165, 1.54) is 4.88 Å². The van der Waals surface area contributed by atoms with Gasteiger partial charge >= 0.3 is 0 Å². The van der Waals surface area contributed by atoms with Gasteiger partial charge in [0.25, 0.3) is 0 Å². The number of carbonyl (C=O) groups excluding carboxylic acids is 1. The minimum absolute atomic E-state index is 0.00471. The average Bonchev–Trinajstić information content (AvgIpc) is 3.15. The Balaban J connectivity index is 1.43. The molecule has 0 aromatic carbocycles. The molecule has 0 saturated carbocycles. The number of nitrogens with zero attached hydrogens (tertiary/aromatic N) is 2. The molecule has 132 valence electrons. The number of likely N-dealkylation sites (tertiary alicyclic amines) is 1. The zero-order chi connectivity index (χ0) is 17.1. The number of hydrogen-bond acceptors (Lipinski definition) is 5. The third kappa shape index (κ3) is 3.92. The van der Waals surface area contributed by atoms with E-state index in [9.17, 15) is 4.79 Å². The number of fused-ring (bicyclic) bond motifs is 1. The van der Waals surface area contributed by atoms with Gasteiger partial charge in [0, 0.05) is 49.2 Å². The molecule has 0 bridgehead atoms. The molecule has 2 fully saturated rings. The van der Waals surface area contributed by atoms with Crippen molar-refractivity contribution in [2.75, 3.05) is 25.0 Å². The van der Waals surface area contributed by atoms with Gasteiger partial charge in [0.2, 0.25) is 5.91 Å². The van der Waals surface area contributed by atoms with Crippen molar-refractivity contribution in [3.63, 3.8) is 0 Å². The number of ether oxygens (including phenoxy) is 1. The first-order valence-electron chi connectivity index (χ1n) is 8.87. The molecule has 2 aliphatic rings. The van der Waals surface area contributed by atoms with Crippen molar-refractivity contribution >= 4 is 22.9 Å². The lowest BCUT2D eigenvalue weighted by atomic mass is 9.79. The smallest absolute Gasteiger partial charge is 0.228 e. The lowest BCUT2D eigenvalue weighted by Crippen LogP contribution is -2.52. The molecule has 1 N–H and O–H groups in total. The molecule has 2 saturated heterocycles. The highest BCUT2D eigenvalue weighted by Crippen LogP contribution is 2.34. The Kier molecular flexibility index (Phi) is 5.10. The Hall–Kier alpha value is -1.76. The zero-order valence-electron chi connectivity index (χ0n) is 14.1. The van der Waals surface area contributed by atoms with Crippen LogP contribution in [-0.4, -0.2) is 41.6 Å². The van der Waals surface area contributed by atoms with Gasteiger partial charge in [-0.25, -0.2) is 0 Å². The lowest BCUT2D eigenvalue weighted by molar-refractivity contribution is -0.137. The number of amides is 1. The van der Waals surface area contributed by atoms with Crippen LogP contribution >= 0.6 is 11.3 Å². The summed E-state index contributed by atoms with van der Waals surface area (Å²) in [7, 11) is 0. The van der Waals surface area contributed by atoms with Crippen LogP contribution < -0.4 is 5.32 Å². The van der Waals surface area contributed by atoms with Crippen molar-refractivity contribution in [2.45, 2.75) is 25.5 Å². The van der Waals surface area contributed by atoms with Crippen molar-refractivity contribution in [1.29, 1.82) is 0 Å². The maximum absolute atomic E-state index is 12.8. The molecule has 0 radical (unpaired) electrons. The monoisotopic (exact) mass is 357 g/mol. The normalized spacial score (nSPS) is 26.8. The van der Waals surface area contributed by atoms with Crippen LogP contribution in [0.3, 0.4) is 0 Å². The summed E-state index contributed by atoms with van der Waals surface area (Å²) in [4.78, 5) is 20.8. The second kappa shape index (κ2) is 7.64. The highest BCUT2D eigenvalue weighted by atomic mass is 32.1. The summed E-state index contributed by atoms with van der Waals surface area (Å²) in [5.74, 6) is 0.369. The van der Waals surface area contributed by atoms with E-state index in [1.54, 1.807) is 23.7 Å². The quantitative estimate of drug-likeness (QED) is 0.914. The Bertz CT molecular complexity index is 692. The van der Waals surface area contributed by atoms with Crippen LogP contribution in [-0.2, 0) is 16.1 Å². The molecule has 3 atom stereocenters. The van der Waals surface area contributed by atoms with Gasteiger partial charge in [-0.15, -0.1) is 11.3 Å². The van der Waals surface area contributed by atoms with E-state index in [4.69, 9.17) is 4.74 Å². The topological polar surface area (TPSA) is 54.5 Å². The number of aromatic nitrogens is 1. The average molecular weight is 357 g/mol. The summed E-state index contributed by atoms with van der Waals surface area (Å²) in [5.41, 5.74) is 0.766. The number of carbonyl (C=O) groups is 1. The van der Waals surface area contributed by atoms with E-state index in [-0.39, 0.29) is 23.8 Å². The highest BCUT2D eigenvalue weighted by molar-refractivity contribution is 7.09. The first-order chi connectivity index (χ1) is 12.3. The van der Waals surface area contributed by atoms with E-state index >= 15 is 0 Å². The molecule has 1 amide bonds. The molecule has 4 rings (SSSR count). The highest BCUT2D eigenvalue weighted by Gasteiger charge is 2.41. The molecule has 2 aromatic heterocycles. The van der Waals surface area contributed by atoms with Gasteiger partial charge in [0.1, 0.15) is 0 Å². The van der Waals surface area contributed by atoms with Crippen LogP contribution in [0.2, 0.25) is 0 Å². The van der Waals surface area contributed by atoms with Gasteiger partial charge in [-0.1, -0.05) is 6.07 Å². The number of rotatable bonds is 4. The molecule has 2 aliphatic heterocycles. The molecular formula is C19H23N3O2S. The first kappa shape index (κ1) is 16.7. The second-order valence-electron chi connectivity index (χ2n) is 6.80. The van der Waals surface area contributed by atoms with Crippen molar-refractivity contribution < 1.29 is 9.53 Å². The van der Waals surface area contributed by atoms with E-state index < -0.39 is 0 Å². The van der Waals surface area contributed by atoms with Crippen LogP contribution in [0, 0.1) is 11.8 Å². The fourth-order valence-electron chi connectivity index (χ4n) is 3.95. The third-order valence-corrected chi connectivity index (χ3v) is 6.04. The number of piperidine rings is 1. The van der Waals surface area contributed by atoms with Gasteiger partial charge < -0.3 is 10.1 Å². The maximum atomic E-state index is 12.8. The predicted octanol–water partition coefficient (Wildman–Crippen LogP) is 3.01. The van der Waals surface area contributed by atoms with Crippen LogP contribution in [0.1, 0.15) is 17.7 Å². The molecule has 0 spiro atoms. The largest absolute Gasteiger partial charge is 0.378 e. The number of pyridine rings is 1. The fourth-order valence-corrected chi connectivity index (χ4v) is 4.69. The Morgan fingerprint density at radius 2 is 2.32 bits per heavy atom. The first-order valence-corrected chi connectivity index (χ1v) is 9.75. The Labute approximate surface area is 152 Å². The van der Waals surface area contributed by atoms with Crippen molar-refractivity contribution in [3.8, 4) is 0 Å². The molecule has 4 heterocycles. The van der Waals surface area contributed by atoms with Gasteiger partial charge in [-0.3, -0.25) is 14.7 Å². The third-order valence-electron chi connectivity index (χ3n) is 5.18. The van der Waals surface area contributed by atoms with Crippen molar-refractivity contribution in [1.82, 2.24) is 9.88 Å².